The molecule has 14 heteroatoms. The number of alkyl halides is 2. The highest BCUT2D eigenvalue weighted by atomic mass is 79.9. The van der Waals surface area contributed by atoms with Crippen molar-refractivity contribution in [3.63, 3.8) is 0 Å². The molecule has 0 saturated heterocycles. The van der Waals surface area contributed by atoms with E-state index in [9.17, 15) is 16.8 Å². The minimum Gasteiger partial charge on any atom is -0.376 e. The van der Waals surface area contributed by atoms with Crippen LogP contribution in [-0.4, -0.2) is 91.6 Å². The first-order chi connectivity index (χ1) is 19.7. The Balaban J connectivity index is 1.64. The monoisotopic (exact) mass is 758 g/mol. The molecule has 238 valence electrons. The SMILES string of the molecule is Cc1ccc(S(=O)(=O)OCCOC(C)(CBr)COCCOCC(C)(CBr)OCCOS(=O)(=O)c2ccc(C)cc2)cc1. The van der Waals surface area contributed by atoms with Crippen molar-refractivity contribution in [2.24, 2.45) is 0 Å². The fourth-order valence-corrected chi connectivity index (χ4v) is 5.77. The molecule has 42 heavy (non-hydrogen) atoms. The zero-order valence-electron chi connectivity index (χ0n) is 24.3. The van der Waals surface area contributed by atoms with Gasteiger partial charge in [0.1, 0.15) is 0 Å². The summed E-state index contributed by atoms with van der Waals surface area (Å²) in [6.45, 7) is 8.36. The average molecular weight is 761 g/mol. The zero-order valence-corrected chi connectivity index (χ0v) is 29.1. The van der Waals surface area contributed by atoms with Gasteiger partial charge in [0.15, 0.2) is 0 Å². The highest BCUT2D eigenvalue weighted by Crippen LogP contribution is 2.18. The van der Waals surface area contributed by atoms with Gasteiger partial charge < -0.3 is 18.9 Å². The molecule has 0 amide bonds. The van der Waals surface area contributed by atoms with Crippen LogP contribution in [0.25, 0.3) is 0 Å². The van der Waals surface area contributed by atoms with Gasteiger partial charge in [0, 0.05) is 10.7 Å². The first kappa shape index (κ1) is 37.2. The minimum absolute atomic E-state index is 0.0596. The van der Waals surface area contributed by atoms with Gasteiger partial charge in [-0.15, -0.1) is 0 Å². The normalized spacial score (nSPS) is 15.3. The van der Waals surface area contributed by atoms with Gasteiger partial charge in [0.25, 0.3) is 20.2 Å². The standard InChI is InChI=1S/C28H40Br2O10S2/c1-23-5-9-25(10-6-23)41(31,32)39-17-15-37-27(3,19-29)21-35-13-14-36-22-28(4,20-30)38-16-18-40-42(33,34)26-11-7-24(2)8-12-26/h5-12H,13-22H2,1-4H3. The Bertz CT molecular complexity index is 1190. The van der Waals surface area contributed by atoms with Crippen LogP contribution in [0.1, 0.15) is 25.0 Å². The minimum atomic E-state index is -3.86. The van der Waals surface area contributed by atoms with Gasteiger partial charge in [0.05, 0.1) is 73.8 Å². The summed E-state index contributed by atoms with van der Waals surface area (Å²) < 4.78 is 82.5. The quantitative estimate of drug-likeness (QED) is 0.0998. The molecule has 0 aromatic heterocycles. The van der Waals surface area contributed by atoms with Crippen molar-refractivity contribution >= 4 is 52.1 Å². The Hall–Kier alpha value is -0.940. The summed E-state index contributed by atoms with van der Waals surface area (Å²) in [4.78, 5) is 0.195. The van der Waals surface area contributed by atoms with Crippen molar-refractivity contribution < 1.29 is 44.1 Å². The van der Waals surface area contributed by atoms with Crippen molar-refractivity contribution in [3.8, 4) is 0 Å². The molecule has 2 rings (SSSR count). The molecule has 0 N–H and O–H groups in total. The smallest absolute Gasteiger partial charge is 0.297 e. The van der Waals surface area contributed by atoms with E-state index in [0.29, 0.717) is 23.9 Å². The van der Waals surface area contributed by atoms with Crippen LogP contribution in [0.3, 0.4) is 0 Å². The molecule has 0 saturated carbocycles. The van der Waals surface area contributed by atoms with Crippen LogP contribution in [0.15, 0.2) is 58.3 Å². The van der Waals surface area contributed by atoms with E-state index in [2.05, 4.69) is 31.9 Å². The van der Waals surface area contributed by atoms with E-state index in [4.69, 9.17) is 27.3 Å². The Morgan fingerprint density at radius 2 is 0.905 bits per heavy atom. The summed E-state index contributed by atoms with van der Waals surface area (Å²) >= 11 is 6.84. The van der Waals surface area contributed by atoms with Gasteiger partial charge in [-0.1, -0.05) is 67.3 Å². The van der Waals surface area contributed by atoms with Crippen LogP contribution in [0.4, 0.5) is 0 Å². The van der Waals surface area contributed by atoms with Crippen LogP contribution in [0, 0.1) is 13.8 Å². The van der Waals surface area contributed by atoms with Crippen molar-refractivity contribution in [1.29, 1.82) is 0 Å². The van der Waals surface area contributed by atoms with E-state index in [1.54, 1.807) is 24.3 Å². The summed E-state index contributed by atoms with van der Waals surface area (Å²) in [5, 5.41) is 0.922. The maximum Gasteiger partial charge on any atom is 0.297 e. The van der Waals surface area contributed by atoms with Crippen LogP contribution in [0.5, 0.6) is 0 Å². The molecule has 10 nitrogen and oxygen atoms in total. The van der Waals surface area contributed by atoms with Crippen molar-refractivity contribution in [2.75, 3.05) is 63.5 Å². The van der Waals surface area contributed by atoms with Gasteiger partial charge in [0.2, 0.25) is 0 Å². The maximum atomic E-state index is 12.3. The molecule has 0 radical (unpaired) electrons. The lowest BCUT2D eigenvalue weighted by Crippen LogP contribution is -2.39. The summed E-state index contributed by atoms with van der Waals surface area (Å²) in [6, 6.07) is 12.9. The molecule has 2 atom stereocenters. The lowest BCUT2D eigenvalue weighted by atomic mass is 10.1. The highest BCUT2D eigenvalue weighted by molar-refractivity contribution is 9.09. The fourth-order valence-electron chi connectivity index (χ4n) is 3.34. The Morgan fingerprint density at radius 3 is 1.21 bits per heavy atom. The Morgan fingerprint density at radius 1 is 0.571 bits per heavy atom. The molecule has 2 aromatic rings. The van der Waals surface area contributed by atoms with Gasteiger partial charge in [-0.3, -0.25) is 8.37 Å². The third kappa shape index (κ3) is 13.0. The van der Waals surface area contributed by atoms with E-state index >= 15 is 0 Å². The summed E-state index contributed by atoms with van der Waals surface area (Å²) in [7, 11) is -7.71. The van der Waals surface area contributed by atoms with Gasteiger partial charge in [-0.2, -0.15) is 16.8 Å². The van der Waals surface area contributed by atoms with E-state index < -0.39 is 31.4 Å². The topological polar surface area (TPSA) is 124 Å². The molecule has 0 aliphatic heterocycles. The molecule has 0 aliphatic rings. The second kappa shape index (κ2) is 17.5. The van der Waals surface area contributed by atoms with Crippen LogP contribution < -0.4 is 0 Å². The van der Waals surface area contributed by atoms with Crippen molar-refractivity contribution in [3.05, 3.63) is 59.7 Å². The number of hydrogen-bond donors (Lipinski definition) is 0. The molecule has 2 unspecified atom stereocenters. The lowest BCUT2D eigenvalue weighted by Gasteiger charge is -2.29. The van der Waals surface area contributed by atoms with E-state index in [0.717, 1.165) is 11.1 Å². The van der Waals surface area contributed by atoms with Crippen LogP contribution >= 0.6 is 31.9 Å². The summed E-state index contributed by atoms with van der Waals surface area (Å²) in [6.07, 6.45) is 0. The first-order valence-corrected chi connectivity index (χ1v) is 18.3. The summed E-state index contributed by atoms with van der Waals surface area (Å²) in [5.74, 6) is 0. The third-order valence-corrected chi connectivity index (χ3v) is 10.9. The van der Waals surface area contributed by atoms with E-state index in [-0.39, 0.29) is 49.4 Å². The first-order valence-electron chi connectivity index (χ1n) is 13.2. The van der Waals surface area contributed by atoms with Crippen LogP contribution in [0.2, 0.25) is 0 Å². The molecular formula is C28H40Br2O10S2. The fraction of sp³-hybridized carbons (Fsp3) is 0.571. The molecule has 0 bridgehead atoms. The number of ether oxygens (including phenoxy) is 4. The predicted octanol–water partition coefficient (Wildman–Crippen LogP) is 4.79. The van der Waals surface area contributed by atoms with Crippen LogP contribution in [-0.2, 0) is 47.5 Å². The molecule has 0 fully saturated rings. The Kier molecular flexibility index (Phi) is 15.5. The second-order valence-corrected chi connectivity index (χ2v) is 14.5. The molecule has 0 spiro atoms. The Labute approximate surface area is 266 Å². The van der Waals surface area contributed by atoms with Gasteiger partial charge in [-0.25, -0.2) is 0 Å². The molecular weight excluding hydrogens is 720 g/mol. The van der Waals surface area contributed by atoms with Crippen molar-refractivity contribution in [1.82, 2.24) is 0 Å². The number of halogens is 2. The number of rotatable bonds is 21. The van der Waals surface area contributed by atoms with Gasteiger partial charge in [-0.05, 0) is 52.0 Å². The number of aryl methyl sites for hydroxylation is 2. The van der Waals surface area contributed by atoms with E-state index in [1.807, 2.05) is 27.7 Å². The third-order valence-electron chi connectivity index (χ3n) is 5.92. The highest BCUT2D eigenvalue weighted by Gasteiger charge is 2.26. The van der Waals surface area contributed by atoms with E-state index in [1.165, 1.54) is 24.3 Å². The van der Waals surface area contributed by atoms with Gasteiger partial charge >= 0.3 is 0 Å². The molecule has 0 heterocycles. The average Bonchev–Trinajstić information content (AvgIpc) is 2.96. The predicted molar refractivity (Wildman–Crippen MR) is 167 cm³/mol. The maximum absolute atomic E-state index is 12.3. The number of benzene rings is 2. The van der Waals surface area contributed by atoms with Crippen molar-refractivity contribution in [2.45, 2.75) is 48.7 Å². The molecule has 2 aromatic carbocycles. The largest absolute Gasteiger partial charge is 0.376 e. The second-order valence-electron chi connectivity index (χ2n) is 10.1. The molecule has 0 aliphatic carbocycles. The summed E-state index contributed by atoms with van der Waals surface area (Å²) in [5.41, 5.74) is 0.499. The lowest BCUT2D eigenvalue weighted by molar-refractivity contribution is -0.101. The zero-order chi connectivity index (χ0) is 31.3. The number of hydrogen-bond acceptors (Lipinski definition) is 10.